The molecule has 0 aromatic heterocycles. The molecule has 3 heteroatoms. The van der Waals surface area contributed by atoms with Crippen molar-refractivity contribution in [3.8, 4) is 0 Å². The molecule has 0 radical (unpaired) electrons. The van der Waals surface area contributed by atoms with Gasteiger partial charge in [-0.25, -0.2) is 0 Å². The van der Waals surface area contributed by atoms with E-state index in [2.05, 4.69) is 91.0 Å². The molecule has 0 bridgehead atoms. The van der Waals surface area contributed by atoms with E-state index in [1.54, 1.807) is 0 Å². The number of carbonyl (C=O) groups excluding carboxylic acids is 1. The maximum absolute atomic E-state index is 12.6. The van der Waals surface area contributed by atoms with Gasteiger partial charge in [-0.2, -0.15) is 0 Å². The number of hydrogen-bond acceptors (Lipinski definition) is 2. The first-order valence-electron chi connectivity index (χ1n) is 14.3. The summed E-state index contributed by atoms with van der Waals surface area (Å²) >= 11 is 0. The van der Waals surface area contributed by atoms with Crippen LogP contribution in [0.4, 0.5) is 0 Å². The molecule has 2 nitrogen and oxygen atoms in total. The highest BCUT2D eigenvalue weighted by Crippen LogP contribution is 2.48. The van der Waals surface area contributed by atoms with Crippen molar-refractivity contribution in [2.24, 2.45) is 4.74 Å². The highest BCUT2D eigenvalue weighted by molar-refractivity contribution is 7.87. The number of rotatable bonds is 5. The first-order chi connectivity index (χ1) is 18.3. The van der Waals surface area contributed by atoms with Crippen LogP contribution < -0.4 is 15.9 Å². The maximum atomic E-state index is 12.6. The van der Waals surface area contributed by atoms with Gasteiger partial charge >= 0.3 is 0 Å². The smallest absolute Gasteiger partial charge is 0.147 e. The average molecular weight is 512 g/mol. The number of aldehydes is 1. The Labute approximate surface area is 224 Å². The Bertz CT molecular complexity index is 1060. The standard InChI is InChI=1S/C34H42NOP/c36-29-30-21-13-8-6-4-2-1-3-5-7-9-20-28-34(30)35-37(31-22-14-10-15-23-31,32-24-16-11-17-25-32)33-26-18-12-19-27-33/h10-12,14-19,22-27,29H,1-9,13,20-21,28H2/b34-30-. The lowest BCUT2D eigenvalue weighted by atomic mass is 10.0. The third-order valence-electron chi connectivity index (χ3n) is 7.53. The predicted octanol–water partition coefficient (Wildman–Crippen LogP) is 8.70. The van der Waals surface area contributed by atoms with E-state index in [0.717, 1.165) is 43.2 Å². The summed E-state index contributed by atoms with van der Waals surface area (Å²) in [6.45, 7) is 0. The molecule has 0 unspecified atom stereocenters. The van der Waals surface area contributed by atoms with Gasteiger partial charge in [-0.15, -0.1) is 0 Å². The zero-order chi connectivity index (χ0) is 25.6. The molecule has 37 heavy (non-hydrogen) atoms. The van der Waals surface area contributed by atoms with Crippen molar-refractivity contribution in [2.45, 2.75) is 83.5 Å². The fourth-order valence-corrected chi connectivity index (χ4v) is 9.12. The molecule has 3 aromatic rings. The van der Waals surface area contributed by atoms with Crippen LogP contribution in [-0.4, -0.2) is 6.29 Å². The molecule has 0 heterocycles. The third-order valence-corrected chi connectivity index (χ3v) is 11.2. The molecule has 0 aliphatic heterocycles. The van der Waals surface area contributed by atoms with Crippen LogP contribution in [0.5, 0.6) is 0 Å². The van der Waals surface area contributed by atoms with Gasteiger partial charge in [0.25, 0.3) is 0 Å². The quantitative estimate of drug-likeness (QED) is 0.249. The van der Waals surface area contributed by atoms with Gasteiger partial charge in [0, 0.05) is 27.2 Å². The number of allylic oxidation sites excluding steroid dienone is 2. The van der Waals surface area contributed by atoms with Gasteiger partial charge in [0.1, 0.15) is 6.29 Å². The molecule has 3 aromatic carbocycles. The molecule has 0 amide bonds. The minimum Gasteiger partial charge on any atom is -0.298 e. The lowest BCUT2D eigenvalue weighted by Gasteiger charge is -2.28. The molecule has 1 aliphatic carbocycles. The molecule has 0 spiro atoms. The SMILES string of the molecule is O=C/C1=C(\N=P(c2ccccc2)(c2ccccc2)c2ccccc2)CCCCCCCCCCCCC1. The van der Waals surface area contributed by atoms with Crippen LogP contribution in [0.2, 0.25) is 0 Å². The summed E-state index contributed by atoms with van der Waals surface area (Å²) in [6, 6.07) is 32.3. The van der Waals surface area contributed by atoms with Crippen LogP contribution in [0.1, 0.15) is 83.5 Å². The Morgan fingerprint density at radius 1 is 0.486 bits per heavy atom. The zero-order valence-electron chi connectivity index (χ0n) is 22.2. The van der Waals surface area contributed by atoms with Crippen LogP contribution in [0.3, 0.4) is 0 Å². The number of carbonyl (C=O) groups is 1. The summed E-state index contributed by atoms with van der Waals surface area (Å²) < 4.78 is 5.78. The number of nitrogens with zero attached hydrogens (tertiary/aromatic N) is 1. The van der Waals surface area contributed by atoms with E-state index in [9.17, 15) is 4.79 Å². The molecular formula is C34H42NOP. The van der Waals surface area contributed by atoms with Crippen molar-refractivity contribution in [3.63, 3.8) is 0 Å². The minimum absolute atomic E-state index is 0.834. The second kappa shape index (κ2) is 14.9. The van der Waals surface area contributed by atoms with Crippen molar-refractivity contribution >= 4 is 29.3 Å². The van der Waals surface area contributed by atoms with Crippen LogP contribution in [0.15, 0.2) is 107 Å². The largest absolute Gasteiger partial charge is 0.298 e. The second-order valence-corrected chi connectivity index (χ2v) is 13.2. The van der Waals surface area contributed by atoms with Gasteiger partial charge in [-0.1, -0.05) is 149 Å². The molecule has 0 atom stereocenters. The molecule has 0 saturated carbocycles. The number of hydrogen-bond donors (Lipinski definition) is 0. The number of benzene rings is 3. The van der Waals surface area contributed by atoms with E-state index in [1.807, 2.05) is 0 Å². The van der Waals surface area contributed by atoms with Gasteiger partial charge in [0.15, 0.2) is 0 Å². The van der Waals surface area contributed by atoms with Gasteiger partial charge in [0.05, 0.1) is 7.05 Å². The summed E-state index contributed by atoms with van der Waals surface area (Å²) in [4.78, 5) is 12.6. The molecule has 4 rings (SSSR count). The van der Waals surface area contributed by atoms with Crippen LogP contribution in [-0.2, 0) is 4.79 Å². The highest BCUT2D eigenvalue weighted by atomic mass is 31.2. The monoisotopic (exact) mass is 511 g/mol. The first-order valence-corrected chi connectivity index (χ1v) is 16.0. The van der Waals surface area contributed by atoms with E-state index >= 15 is 0 Å². The minimum atomic E-state index is -2.36. The summed E-state index contributed by atoms with van der Waals surface area (Å²) in [5.41, 5.74) is 1.96. The summed E-state index contributed by atoms with van der Waals surface area (Å²) in [5.74, 6) is 0. The lowest BCUT2D eigenvalue weighted by molar-refractivity contribution is -0.105. The van der Waals surface area contributed by atoms with Gasteiger partial charge in [-0.3, -0.25) is 9.54 Å². The zero-order valence-corrected chi connectivity index (χ0v) is 23.1. The second-order valence-electron chi connectivity index (χ2n) is 10.2. The highest BCUT2D eigenvalue weighted by Gasteiger charge is 2.28. The van der Waals surface area contributed by atoms with Gasteiger partial charge in [0.2, 0.25) is 0 Å². The van der Waals surface area contributed by atoms with Crippen LogP contribution in [0.25, 0.3) is 0 Å². The van der Waals surface area contributed by atoms with Crippen molar-refractivity contribution in [1.82, 2.24) is 0 Å². The average Bonchev–Trinajstić information content (AvgIpc) is 2.97. The third kappa shape index (κ3) is 7.42. The summed E-state index contributed by atoms with van der Waals surface area (Å²) in [7, 11) is -2.36. The Morgan fingerprint density at radius 3 is 1.22 bits per heavy atom. The van der Waals surface area contributed by atoms with Crippen LogP contribution in [0, 0.1) is 0 Å². The molecule has 1 aliphatic rings. The van der Waals surface area contributed by atoms with E-state index in [-0.39, 0.29) is 0 Å². The Kier molecular flexibility index (Phi) is 11.0. The summed E-state index contributed by atoms with van der Waals surface area (Å²) in [5, 5.41) is 3.71. The van der Waals surface area contributed by atoms with E-state index in [1.165, 1.54) is 73.7 Å². The first kappa shape index (κ1) is 27.3. The van der Waals surface area contributed by atoms with Gasteiger partial charge in [-0.05, 0) is 25.7 Å². The maximum Gasteiger partial charge on any atom is 0.147 e. The lowest BCUT2D eigenvalue weighted by Crippen LogP contribution is -2.25. The Hall–Kier alpha value is -2.70. The summed E-state index contributed by atoms with van der Waals surface area (Å²) in [6.07, 6.45) is 16.7. The fraction of sp³-hybridized carbons (Fsp3) is 0.382. The van der Waals surface area contributed by atoms with Crippen molar-refractivity contribution in [1.29, 1.82) is 0 Å². The van der Waals surface area contributed by atoms with Gasteiger partial charge < -0.3 is 0 Å². The van der Waals surface area contributed by atoms with Crippen molar-refractivity contribution < 1.29 is 4.79 Å². The van der Waals surface area contributed by atoms with Crippen molar-refractivity contribution in [3.05, 3.63) is 102 Å². The molecule has 0 N–H and O–H groups in total. The molecule has 194 valence electrons. The van der Waals surface area contributed by atoms with E-state index < -0.39 is 7.05 Å². The van der Waals surface area contributed by atoms with E-state index in [4.69, 9.17) is 4.74 Å². The molecular weight excluding hydrogens is 469 g/mol. The Balaban J connectivity index is 1.90. The normalized spacial score (nSPS) is 18.8. The Morgan fingerprint density at radius 2 is 0.838 bits per heavy atom. The van der Waals surface area contributed by atoms with E-state index in [0.29, 0.717) is 0 Å². The van der Waals surface area contributed by atoms with Crippen LogP contribution >= 0.6 is 7.05 Å². The molecule has 0 saturated heterocycles. The topological polar surface area (TPSA) is 29.4 Å². The molecule has 0 fully saturated rings. The van der Waals surface area contributed by atoms with Crippen molar-refractivity contribution in [2.75, 3.05) is 0 Å². The predicted molar refractivity (Wildman–Crippen MR) is 161 cm³/mol. The fourth-order valence-electron chi connectivity index (χ4n) is 5.48.